The summed E-state index contributed by atoms with van der Waals surface area (Å²) in [5.41, 5.74) is 3.44. The minimum Gasteiger partial charge on any atom is -0.494 e. The van der Waals surface area contributed by atoms with E-state index in [0.717, 1.165) is 49.9 Å². The van der Waals surface area contributed by atoms with E-state index in [9.17, 15) is 0 Å². The topological polar surface area (TPSA) is 63.5 Å². The Morgan fingerprint density at radius 1 is 1.23 bits per heavy atom. The Kier molecular flexibility index (Phi) is 7.99. The lowest BCUT2D eigenvalue weighted by atomic mass is 10.2. The molecule has 0 aliphatic rings. The standard InChI is InChI=1S/C20H31N5O/c1-5-12-26-19-9-6-8-18(14-19)15-23-20(21-4)22-10-7-11-25-17(3)13-16(2)24-25/h6,8-9,13-14H,5,7,10-12,15H2,1-4H3,(H2,21,22,23). The molecule has 0 spiro atoms. The molecule has 6 heteroatoms. The van der Waals surface area contributed by atoms with E-state index in [0.29, 0.717) is 6.54 Å². The molecule has 142 valence electrons. The van der Waals surface area contributed by atoms with Gasteiger partial charge in [-0.25, -0.2) is 0 Å². The van der Waals surface area contributed by atoms with Gasteiger partial charge in [0.1, 0.15) is 5.75 Å². The van der Waals surface area contributed by atoms with Crippen molar-refractivity contribution in [2.45, 2.75) is 46.7 Å². The van der Waals surface area contributed by atoms with Gasteiger partial charge in [0.15, 0.2) is 5.96 Å². The highest BCUT2D eigenvalue weighted by molar-refractivity contribution is 5.79. The van der Waals surface area contributed by atoms with Gasteiger partial charge in [0.25, 0.3) is 0 Å². The molecule has 0 aliphatic heterocycles. The molecule has 1 aromatic heterocycles. The lowest BCUT2D eigenvalue weighted by molar-refractivity contribution is 0.317. The van der Waals surface area contributed by atoms with Gasteiger partial charge < -0.3 is 15.4 Å². The van der Waals surface area contributed by atoms with Crippen LogP contribution in [0.1, 0.15) is 36.7 Å². The molecule has 1 heterocycles. The summed E-state index contributed by atoms with van der Waals surface area (Å²) >= 11 is 0. The Morgan fingerprint density at radius 3 is 2.77 bits per heavy atom. The van der Waals surface area contributed by atoms with E-state index in [4.69, 9.17) is 4.74 Å². The molecule has 0 unspecified atom stereocenters. The van der Waals surface area contributed by atoms with Crippen molar-refractivity contribution >= 4 is 5.96 Å². The monoisotopic (exact) mass is 357 g/mol. The molecule has 0 fully saturated rings. The third-order valence-electron chi connectivity index (χ3n) is 4.00. The first-order valence-electron chi connectivity index (χ1n) is 9.29. The van der Waals surface area contributed by atoms with Crippen LogP contribution in [0, 0.1) is 13.8 Å². The third kappa shape index (κ3) is 6.43. The van der Waals surface area contributed by atoms with Crippen LogP contribution in [-0.4, -0.2) is 35.9 Å². The summed E-state index contributed by atoms with van der Waals surface area (Å²) < 4.78 is 7.73. The number of benzene rings is 1. The Morgan fingerprint density at radius 2 is 2.08 bits per heavy atom. The quantitative estimate of drug-likeness (QED) is 0.411. The highest BCUT2D eigenvalue weighted by Gasteiger charge is 2.02. The minimum atomic E-state index is 0.709. The molecule has 26 heavy (non-hydrogen) atoms. The molecule has 2 N–H and O–H groups in total. The number of aryl methyl sites for hydroxylation is 3. The van der Waals surface area contributed by atoms with Crippen LogP contribution in [-0.2, 0) is 13.1 Å². The lowest BCUT2D eigenvalue weighted by Crippen LogP contribution is -2.37. The molecule has 2 aromatic rings. The van der Waals surface area contributed by atoms with Gasteiger partial charge in [-0.1, -0.05) is 19.1 Å². The first kappa shape index (κ1) is 19.8. The fourth-order valence-corrected chi connectivity index (χ4v) is 2.71. The van der Waals surface area contributed by atoms with E-state index in [1.165, 1.54) is 11.3 Å². The Bertz CT molecular complexity index is 708. The van der Waals surface area contributed by atoms with Crippen LogP contribution in [0.5, 0.6) is 5.75 Å². The molecule has 2 rings (SSSR count). The van der Waals surface area contributed by atoms with Crippen LogP contribution in [0.4, 0.5) is 0 Å². The number of aliphatic imine (C=N–C) groups is 1. The summed E-state index contributed by atoms with van der Waals surface area (Å²) in [5, 5.41) is 11.2. The number of ether oxygens (including phenoxy) is 1. The fourth-order valence-electron chi connectivity index (χ4n) is 2.71. The normalized spacial score (nSPS) is 11.5. The Labute approximate surface area is 156 Å². The van der Waals surface area contributed by atoms with Crippen molar-refractivity contribution in [3.05, 3.63) is 47.3 Å². The van der Waals surface area contributed by atoms with Crippen LogP contribution < -0.4 is 15.4 Å². The van der Waals surface area contributed by atoms with Crippen molar-refractivity contribution in [2.75, 3.05) is 20.2 Å². The second kappa shape index (κ2) is 10.5. The highest BCUT2D eigenvalue weighted by atomic mass is 16.5. The molecular formula is C20H31N5O. The van der Waals surface area contributed by atoms with Crippen molar-refractivity contribution in [1.29, 1.82) is 0 Å². The van der Waals surface area contributed by atoms with E-state index in [1.807, 2.05) is 19.1 Å². The average molecular weight is 358 g/mol. The second-order valence-electron chi connectivity index (χ2n) is 6.35. The molecule has 0 saturated heterocycles. The van der Waals surface area contributed by atoms with Crippen LogP contribution >= 0.6 is 0 Å². The van der Waals surface area contributed by atoms with Gasteiger partial charge in [-0.3, -0.25) is 9.67 Å². The molecule has 1 aromatic carbocycles. The summed E-state index contributed by atoms with van der Waals surface area (Å²) in [6.07, 6.45) is 2.00. The van der Waals surface area contributed by atoms with Crippen molar-refractivity contribution in [3.8, 4) is 5.75 Å². The average Bonchev–Trinajstić information content (AvgIpc) is 2.97. The van der Waals surface area contributed by atoms with Crippen LogP contribution in [0.25, 0.3) is 0 Å². The van der Waals surface area contributed by atoms with Gasteiger partial charge >= 0.3 is 0 Å². The van der Waals surface area contributed by atoms with Gasteiger partial charge in [0, 0.05) is 32.4 Å². The maximum Gasteiger partial charge on any atom is 0.191 e. The van der Waals surface area contributed by atoms with Crippen molar-refractivity contribution in [1.82, 2.24) is 20.4 Å². The maximum absolute atomic E-state index is 5.68. The summed E-state index contributed by atoms with van der Waals surface area (Å²) in [6, 6.07) is 10.3. The van der Waals surface area contributed by atoms with Crippen LogP contribution in [0.15, 0.2) is 35.3 Å². The van der Waals surface area contributed by atoms with Gasteiger partial charge in [-0.05, 0) is 50.5 Å². The number of hydrogen-bond acceptors (Lipinski definition) is 3. The van der Waals surface area contributed by atoms with Crippen molar-refractivity contribution in [3.63, 3.8) is 0 Å². The van der Waals surface area contributed by atoms with Gasteiger partial charge in [0.2, 0.25) is 0 Å². The third-order valence-corrected chi connectivity index (χ3v) is 4.00. The predicted octanol–water partition coefficient (Wildman–Crippen LogP) is 3.04. The molecule has 0 bridgehead atoms. The van der Waals surface area contributed by atoms with Gasteiger partial charge in [-0.2, -0.15) is 5.10 Å². The molecule has 0 aliphatic carbocycles. The predicted molar refractivity (Wildman–Crippen MR) is 107 cm³/mol. The summed E-state index contributed by atoms with van der Waals surface area (Å²) in [7, 11) is 1.79. The second-order valence-corrected chi connectivity index (χ2v) is 6.35. The van der Waals surface area contributed by atoms with Gasteiger partial charge in [0.05, 0.1) is 12.3 Å². The Hall–Kier alpha value is -2.50. The minimum absolute atomic E-state index is 0.709. The fraction of sp³-hybridized carbons (Fsp3) is 0.500. The molecular weight excluding hydrogens is 326 g/mol. The number of nitrogens with one attached hydrogen (secondary N) is 2. The zero-order valence-corrected chi connectivity index (χ0v) is 16.4. The lowest BCUT2D eigenvalue weighted by Gasteiger charge is -2.13. The van der Waals surface area contributed by atoms with Crippen molar-refractivity contribution < 1.29 is 4.74 Å². The van der Waals surface area contributed by atoms with E-state index in [2.05, 4.69) is 57.5 Å². The molecule has 0 radical (unpaired) electrons. The van der Waals surface area contributed by atoms with Gasteiger partial charge in [-0.15, -0.1) is 0 Å². The molecule has 6 nitrogen and oxygen atoms in total. The number of guanidine groups is 1. The number of nitrogens with zero attached hydrogens (tertiary/aromatic N) is 3. The smallest absolute Gasteiger partial charge is 0.191 e. The SMILES string of the molecule is CCCOc1cccc(CNC(=NC)NCCCn2nc(C)cc2C)c1. The van der Waals surface area contributed by atoms with Crippen molar-refractivity contribution in [2.24, 2.45) is 4.99 Å². The van der Waals surface area contributed by atoms with E-state index < -0.39 is 0 Å². The first-order valence-corrected chi connectivity index (χ1v) is 9.29. The van der Waals surface area contributed by atoms with E-state index in [-0.39, 0.29) is 0 Å². The first-order chi connectivity index (χ1) is 12.6. The maximum atomic E-state index is 5.68. The Balaban J connectivity index is 1.73. The number of aromatic nitrogens is 2. The zero-order valence-electron chi connectivity index (χ0n) is 16.4. The molecule has 0 atom stereocenters. The largest absolute Gasteiger partial charge is 0.494 e. The number of hydrogen-bond donors (Lipinski definition) is 2. The summed E-state index contributed by atoms with van der Waals surface area (Å²) in [5.74, 6) is 1.72. The van der Waals surface area contributed by atoms with Crippen LogP contribution in [0.2, 0.25) is 0 Å². The van der Waals surface area contributed by atoms with E-state index >= 15 is 0 Å². The molecule has 0 amide bonds. The summed E-state index contributed by atoms with van der Waals surface area (Å²) in [6.45, 7) is 9.42. The number of rotatable bonds is 9. The van der Waals surface area contributed by atoms with Crippen LogP contribution in [0.3, 0.4) is 0 Å². The highest BCUT2D eigenvalue weighted by Crippen LogP contribution is 2.13. The molecule has 0 saturated carbocycles. The zero-order chi connectivity index (χ0) is 18.8. The van der Waals surface area contributed by atoms with E-state index in [1.54, 1.807) is 7.05 Å². The summed E-state index contributed by atoms with van der Waals surface area (Å²) in [4.78, 5) is 4.28.